The van der Waals surface area contributed by atoms with Crippen molar-refractivity contribution in [2.24, 2.45) is 0 Å². The highest BCUT2D eigenvalue weighted by atomic mass is 16.5. The number of benzene rings is 2. The molecule has 0 radical (unpaired) electrons. The van der Waals surface area contributed by atoms with Crippen molar-refractivity contribution in [1.29, 1.82) is 0 Å². The standard InChI is InChI=1S/C17H15NO4.C2H6/c1-10(19)18(2)11-4-6-14-13-7-5-12(21-3)9-15(13)17(20)22-16(14)8-11;1-2/h4-9H,1-3H3;1-2H3. The molecule has 3 aromatic rings. The Kier molecular flexibility index (Phi) is 5.24. The Morgan fingerprint density at radius 2 is 1.71 bits per heavy atom. The van der Waals surface area contributed by atoms with Gasteiger partial charge in [-0.1, -0.05) is 13.8 Å². The summed E-state index contributed by atoms with van der Waals surface area (Å²) in [6.45, 7) is 5.48. The molecule has 1 amide bonds. The van der Waals surface area contributed by atoms with E-state index in [0.717, 1.165) is 10.8 Å². The number of amides is 1. The molecule has 5 heteroatoms. The zero-order valence-corrected chi connectivity index (χ0v) is 14.5. The predicted molar refractivity (Wildman–Crippen MR) is 97.0 cm³/mol. The third-order valence-electron chi connectivity index (χ3n) is 3.76. The summed E-state index contributed by atoms with van der Waals surface area (Å²) in [4.78, 5) is 25.1. The number of fused-ring (bicyclic) bond motifs is 3. The molecular formula is C19H21NO4. The van der Waals surface area contributed by atoms with E-state index in [0.29, 0.717) is 22.4 Å². The highest BCUT2D eigenvalue weighted by Gasteiger charge is 2.11. The molecule has 0 saturated carbocycles. The van der Waals surface area contributed by atoms with Crippen molar-refractivity contribution in [1.82, 2.24) is 0 Å². The van der Waals surface area contributed by atoms with Crippen molar-refractivity contribution < 1.29 is 13.9 Å². The number of rotatable bonds is 2. The molecule has 2 aromatic carbocycles. The summed E-state index contributed by atoms with van der Waals surface area (Å²) >= 11 is 0. The lowest BCUT2D eigenvalue weighted by Gasteiger charge is -2.15. The topological polar surface area (TPSA) is 59.8 Å². The van der Waals surface area contributed by atoms with E-state index >= 15 is 0 Å². The van der Waals surface area contributed by atoms with E-state index in [1.54, 1.807) is 32.4 Å². The zero-order valence-electron chi connectivity index (χ0n) is 14.5. The molecular weight excluding hydrogens is 306 g/mol. The number of hydrogen-bond acceptors (Lipinski definition) is 4. The van der Waals surface area contributed by atoms with Crippen molar-refractivity contribution in [2.75, 3.05) is 19.1 Å². The summed E-state index contributed by atoms with van der Waals surface area (Å²) in [6, 6.07) is 10.7. The molecule has 1 aromatic heterocycles. The number of methoxy groups -OCH3 is 1. The third-order valence-corrected chi connectivity index (χ3v) is 3.76. The summed E-state index contributed by atoms with van der Waals surface area (Å²) in [7, 11) is 3.22. The molecule has 3 rings (SSSR count). The van der Waals surface area contributed by atoms with Gasteiger partial charge in [0.2, 0.25) is 5.91 Å². The second-order valence-corrected chi connectivity index (χ2v) is 5.06. The summed E-state index contributed by atoms with van der Waals surface area (Å²) < 4.78 is 10.5. The molecule has 0 aliphatic rings. The minimum atomic E-state index is -0.427. The van der Waals surface area contributed by atoms with Gasteiger partial charge in [0.1, 0.15) is 11.3 Å². The first-order valence-electron chi connectivity index (χ1n) is 7.80. The monoisotopic (exact) mass is 327 g/mol. The summed E-state index contributed by atoms with van der Waals surface area (Å²) in [5, 5.41) is 2.08. The quantitative estimate of drug-likeness (QED) is 0.528. The number of ether oxygens (including phenoxy) is 1. The zero-order chi connectivity index (χ0) is 17.9. The Hall–Kier alpha value is -2.82. The largest absolute Gasteiger partial charge is 0.497 e. The molecule has 0 aliphatic carbocycles. The van der Waals surface area contributed by atoms with E-state index in [-0.39, 0.29) is 5.91 Å². The van der Waals surface area contributed by atoms with Crippen molar-refractivity contribution in [3.63, 3.8) is 0 Å². The van der Waals surface area contributed by atoms with Crippen molar-refractivity contribution in [3.8, 4) is 5.75 Å². The second-order valence-electron chi connectivity index (χ2n) is 5.06. The van der Waals surface area contributed by atoms with E-state index in [9.17, 15) is 9.59 Å². The average Bonchev–Trinajstić information content (AvgIpc) is 2.62. The van der Waals surface area contributed by atoms with Gasteiger partial charge < -0.3 is 14.1 Å². The van der Waals surface area contributed by atoms with Crippen LogP contribution in [0.1, 0.15) is 20.8 Å². The first kappa shape index (κ1) is 17.5. The van der Waals surface area contributed by atoms with Gasteiger partial charge in [-0.25, -0.2) is 4.79 Å². The fraction of sp³-hybridized carbons (Fsp3) is 0.263. The van der Waals surface area contributed by atoms with Crippen LogP contribution in [0.3, 0.4) is 0 Å². The summed E-state index contributed by atoms with van der Waals surface area (Å²) in [5.74, 6) is 0.513. The molecule has 24 heavy (non-hydrogen) atoms. The highest BCUT2D eigenvalue weighted by molar-refractivity contribution is 6.06. The third kappa shape index (κ3) is 3.11. The molecule has 5 nitrogen and oxygen atoms in total. The molecule has 0 atom stereocenters. The van der Waals surface area contributed by atoms with E-state index in [2.05, 4.69) is 0 Å². The van der Waals surface area contributed by atoms with Crippen LogP contribution in [0, 0.1) is 0 Å². The van der Waals surface area contributed by atoms with Crippen LogP contribution in [-0.4, -0.2) is 20.1 Å². The van der Waals surface area contributed by atoms with Crippen LogP contribution in [0.5, 0.6) is 5.75 Å². The fourth-order valence-electron chi connectivity index (χ4n) is 2.42. The van der Waals surface area contributed by atoms with Crippen LogP contribution >= 0.6 is 0 Å². The Balaban J connectivity index is 0.00000100. The van der Waals surface area contributed by atoms with Crippen molar-refractivity contribution in [2.45, 2.75) is 20.8 Å². The Bertz CT molecular complexity index is 943. The molecule has 126 valence electrons. The predicted octanol–water partition coefficient (Wildman–Crippen LogP) is 3.96. The smallest absolute Gasteiger partial charge is 0.344 e. The van der Waals surface area contributed by atoms with Gasteiger partial charge >= 0.3 is 5.63 Å². The lowest BCUT2D eigenvalue weighted by molar-refractivity contribution is -0.116. The normalized spacial score (nSPS) is 10.2. The minimum absolute atomic E-state index is 0.0905. The summed E-state index contributed by atoms with van der Waals surface area (Å²) in [6.07, 6.45) is 0. The lowest BCUT2D eigenvalue weighted by atomic mass is 10.1. The van der Waals surface area contributed by atoms with Gasteiger partial charge in [-0.05, 0) is 30.3 Å². The van der Waals surface area contributed by atoms with E-state index < -0.39 is 5.63 Å². The van der Waals surface area contributed by atoms with Gasteiger partial charge in [-0.3, -0.25) is 4.79 Å². The number of nitrogens with zero attached hydrogens (tertiary/aromatic N) is 1. The SMILES string of the molecule is CC.COc1ccc2c(c1)c(=O)oc1cc(N(C)C(C)=O)ccc12. The Morgan fingerprint density at radius 3 is 2.33 bits per heavy atom. The number of carbonyl (C=O) groups excluding carboxylic acids is 1. The van der Waals surface area contributed by atoms with Gasteiger partial charge in [0.25, 0.3) is 0 Å². The molecule has 0 fully saturated rings. The summed E-state index contributed by atoms with van der Waals surface area (Å²) in [5.41, 5.74) is 0.702. The van der Waals surface area contributed by atoms with Crippen LogP contribution in [0.15, 0.2) is 45.6 Å². The minimum Gasteiger partial charge on any atom is -0.497 e. The Labute approximate surface area is 140 Å². The highest BCUT2D eigenvalue weighted by Crippen LogP contribution is 2.28. The molecule has 0 bridgehead atoms. The van der Waals surface area contributed by atoms with E-state index in [1.165, 1.54) is 11.8 Å². The van der Waals surface area contributed by atoms with Crippen LogP contribution in [0.4, 0.5) is 5.69 Å². The van der Waals surface area contributed by atoms with Crippen LogP contribution in [0.25, 0.3) is 21.7 Å². The average molecular weight is 327 g/mol. The Morgan fingerprint density at radius 1 is 1.04 bits per heavy atom. The maximum absolute atomic E-state index is 12.2. The fourth-order valence-corrected chi connectivity index (χ4v) is 2.42. The number of anilines is 1. The number of carbonyl (C=O) groups is 1. The first-order valence-corrected chi connectivity index (χ1v) is 7.80. The van der Waals surface area contributed by atoms with E-state index in [1.807, 2.05) is 32.0 Å². The van der Waals surface area contributed by atoms with Crippen molar-refractivity contribution in [3.05, 3.63) is 46.8 Å². The van der Waals surface area contributed by atoms with Crippen LogP contribution < -0.4 is 15.3 Å². The molecule has 1 heterocycles. The maximum atomic E-state index is 12.2. The van der Waals surface area contributed by atoms with Gasteiger partial charge in [0.15, 0.2) is 0 Å². The lowest BCUT2D eigenvalue weighted by Crippen LogP contribution is -2.22. The van der Waals surface area contributed by atoms with Gasteiger partial charge in [-0.15, -0.1) is 0 Å². The molecule has 0 aliphatic heterocycles. The maximum Gasteiger partial charge on any atom is 0.344 e. The molecule has 0 spiro atoms. The van der Waals surface area contributed by atoms with Crippen molar-refractivity contribution >= 4 is 33.3 Å². The first-order chi connectivity index (χ1) is 11.5. The van der Waals surface area contributed by atoms with Gasteiger partial charge in [0, 0.05) is 36.5 Å². The van der Waals surface area contributed by atoms with Gasteiger partial charge in [-0.2, -0.15) is 0 Å². The molecule has 0 unspecified atom stereocenters. The molecule has 0 saturated heterocycles. The van der Waals surface area contributed by atoms with E-state index in [4.69, 9.17) is 9.15 Å². The van der Waals surface area contributed by atoms with Crippen LogP contribution in [0.2, 0.25) is 0 Å². The van der Waals surface area contributed by atoms with Gasteiger partial charge in [0.05, 0.1) is 12.5 Å². The molecule has 0 N–H and O–H groups in total. The second kappa shape index (κ2) is 7.17. The van der Waals surface area contributed by atoms with Crippen LogP contribution in [-0.2, 0) is 4.79 Å². The number of hydrogen-bond donors (Lipinski definition) is 0.